The summed E-state index contributed by atoms with van der Waals surface area (Å²) in [5, 5.41) is 0. The van der Waals surface area contributed by atoms with Gasteiger partial charge in [0.25, 0.3) is 0 Å². The third-order valence-corrected chi connectivity index (χ3v) is 11.0. The van der Waals surface area contributed by atoms with Gasteiger partial charge in [-0.25, -0.2) is 0 Å². The average Bonchev–Trinajstić information content (AvgIpc) is 3.21. The van der Waals surface area contributed by atoms with E-state index in [-0.39, 0.29) is 23.1 Å². The molecule has 5 fully saturated rings. The highest BCUT2D eigenvalue weighted by Gasteiger charge is 2.85. The van der Waals surface area contributed by atoms with E-state index >= 15 is 17.6 Å². The van der Waals surface area contributed by atoms with Crippen molar-refractivity contribution < 1.29 is 26.3 Å². The standard InChI is InChI=1S/C26H23F6NS/c1-22-21(33-12-34-22)20-19(24(27,28)26(31,32)25(20,29)30)18(15-5-3-2-4-6-15)23(22)16-8-13-7-14(10-16)11-17(23)9-13/h2-6,12-14,16-17H,7-11H2,1H3. The molecular formula is C26H23F6NS. The Bertz CT molecular complexity index is 1170. The Hall–Kier alpha value is -1.70. The summed E-state index contributed by atoms with van der Waals surface area (Å²) in [5.74, 6) is -14.7. The van der Waals surface area contributed by atoms with Gasteiger partial charge in [0.2, 0.25) is 0 Å². The van der Waals surface area contributed by atoms with Crippen LogP contribution in [0.5, 0.6) is 0 Å². The quantitative estimate of drug-likeness (QED) is 0.366. The van der Waals surface area contributed by atoms with Crippen molar-refractivity contribution in [1.29, 1.82) is 0 Å². The van der Waals surface area contributed by atoms with Gasteiger partial charge in [-0.3, -0.25) is 4.99 Å². The Labute approximate surface area is 197 Å². The highest BCUT2D eigenvalue weighted by atomic mass is 32.2. The number of thioether (sulfide) groups is 1. The van der Waals surface area contributed by atoms with Crippen molar-refractivity contribution in [2.24, 2.45) is 34.1 Å². The SMILES string of the molecule is CC12SC=NC1=C1C(=C(c3ccccc3)C23C2CC4CC(C2)CC3C4)C(F)(F)C(F)(F)C1(F)F. The van der Waals surface area contributed by atoms with Crippen LogP contribution in [0, 0.1) is 29.1 Å². The summed E-state index contributed by atoms with van der Waals surface area (Å²) in [6.07, 6.45) is 4.36. The van der Waals surface area contributed by atoms with Gasteiger partial charge < -0.3 is 0 Å². The monoisotopic (exact) mass is 495 g/mol. The summed E-state index contributed by atoms with van der Waals surface area (Å²) in [6, 6.07) is 8.28. The minimum Gasteiger partial charge on any atom is -0.252 e. The van der Waals surface area contributed by atoms with Crippen molar-refractivity contribution in [3.63, 3.8) is 0 Å². The normalized spacial score (nSPS) is 44.2. The van der Waals surface area contributed by atoms with E-state index in [0.29, 0.717) is 17.4 Å². The molecule has 0 saturated heterocycles. The third kappa shape index (κ3) is 2.06. The lowest BCUT2D eigenvalue weighted by atomic mass is 9.38. The maximum Gasteiger partial charge on any atom is 0.380 e. The minimum absolute atomic E-state index is 0.0306. The van der Waals surface area contributed by atoms with Crippen molar-refractivity contribution in [3.8, 4) is 0 Å². The van der Waals surface area contributed by atoms with E-state index < -0.39 is 39.1 Å². The number of benzene rings is 1. The molecule has 4 bridgehead atoms. The van der Waals surface area contributed by atoms with Gasteiger partial charge in [-0.1, -0.05) is 30.3 Å². The summed E-state index contributed by atoms with van der Waals surface area (Å²) >= 11 is 1.25. The van der Waals surface area contributed by atoms with E-state index in [1.807, 2.05) is 0 Å². The first-order valence-electron chi connectivity index (χ1n) is 11.9. The summed E-state index contributed by atoms with van der Waals surface area (Å²) in [6.45, 7) is 1.79. The van der Waals surface area contributed by atoms with Crippen LogP contribution in [-0.4, -0.2) is 28.1 Å². The number of halogens is 6. The number of aliphatic imine (C=N–C) groups is 1. The van der Waals surface area contributed by atoms with Gasteiger partial charge in [-0.15, -0.1) is 11.8 Å². The Kier molecular flexibility index (Phi) is 3.91. The number of hydrogen-bond acceptors (Lipinski definition) is 2. The fraction of sp³-hybridized carbons (Fsp3) is 0.577. The predicted octanol–water partition coefficient (Wildman–Crippen LogP) is 7.60. The first-order valence-corrected chi connectivity index (χ1v) is 12.8. The molecule has 0 aromatic heterocycles. The highest BCUT2D eigenvalue weighted by molar-refractivity contribution is 8.13. The summed E-state index contributed by atoms with van der Waals surface area (Å²) in [7, 11) is 0. The highest BCUT2D eigenvalue weighted by Crippen LogP contribution is 2.79. The minimum atomic E-state index is -5.53. The Morgan fingerprint density at radius 2 is 1.32 bits per heavy atom. The molecule has 0 amide bonds. The molecular weight excluding hydrogens is 472 g/mol. The van der Waals surface area contributed by atoms with Crippen molar-refractivity contribution in [2.75, 3.05) is 0 Å². The van der Waals surface area contributed by atoms with Crippen molar-refractivity contribution in [3.05, 3.63) is 52.7 Å². The van der Waals surface area contributed by atoms with E-state index in [2.05, 4.69) is 4.99 Å². The molecule has 5 saturated carbocycles. The van der Waals surface area contributed by atoms with Crippen LogP contribution in [0.15, 0.2) is 52.2 Å². The molecule has 1 unspecified atom stereocenters. The van der Waals surface area contributed by atoms with Gasteiger partial charge in [0.15, 0.2) is 0 Å². The number of fused-ring (bicyclic) bond motifs is 2. The Morgan fingerprint density at radius 1 is 0.765 bits per heavy atom. The third-order valence-electron chi connectivity index (χ3n) is 9.77. The van der Waals surface area contributed by atoms with Crippen LogP contribution in [0.1, 0.15) is 44.6 Å². The van der Waals surface area contributed by atoms with Crippen LogP contribution < -0.4 is 0 Å². The Balaban J connectivity index is 1.66. The smallest absolute Gasteiger partial charge is 0.252 e. The van der Waals surface area contributed by atoms with Crippen LogP contribution in [0.4, 0.5) is 26.3 Å². The average molecular weight is 496 g/mol. The van der Waals surface area contributed by atoms with Crippen LogP contribution in [0.2, 0.25) is 0 Å². The molecule has 8 rings (SSSR count). The van der Waals surface area contributed by atoms with E-state index in [1.165, 1.54) is 17.3 Å². The van der Waals surface area contributed by atoms with Gasteiger partial charge in [-0.2, -0.15) is 26.3 Å². The number of alkyl halides is 6. The van der Waals surface area contributed by atoms with Gasteiger partial charge >= 0.3 is 17.8 Å². The van der Waals surface area contributed by atoms with E-state index in [1.54, 1.807) is 37.3 Å². The second-order valence-electron chi connectivity index (χ2n) is 11.1. The van der Waals surface area contributed by atoms with Gasteiger partial charge in [0.1, 0.15) is 0 Å². The second kappa shape index (κ2) is 6.16. The molecule has 1 aromatic rings. The zero-order valence-corrected chi connectivity index (χ0v) is 19.2. The second-order valence-corrected chi connectivity index (χ2v) is 12.4. The van der Waals surface area contributed by atoms with Crippen molar-refractivity contribution >= 4 is 22.9 Å². The topological polar surface area (TPSA) is 12.4 Å². The lowest BCUT2D eigenvalue weighted by Gasteiger charge is -2.68. The van der Waals surface area contributed by atoms with E-state index in [4.69, 9.17) is 0 Å². The summed E-state index contributed by atoms with van der Waals surface area (Å²) < 4.78 is 90.9. The number of rotatable bonds is 1. The fourth-order valence-electron chi connectivity index (χ4n) is 8.88. The van der Waals surface area contributed by atoms with Crippen LogP contribution in [-0.2, 0) is 0 Å². The Morgan fingerprint density at radius 3 is 1.91 bits per heavy atom. The maximum absolute atomic E-state index is 15.7. The molecule has 1 spiro atoms. The van der Waals surface area contributed by atoms with E-state index in [0.717, 1.165) is 32.1 Å². The van der Waals surface area contributed by atoms with Gasteiger partial charge in [0.05, 0.1) is 21.6 Å². The number of hydrogen-bond donors (Lipinski definition) is 0. The summed E-state index contributed by atoms with van der Waals surface area (Å²) in [4.78, 5) is 4.17. The molecule has 1 atom stereocenters. The van der Waals surface area contributed by atoms with E-state index in [9.17, 15) is 8.78 Å². The molecule has 6 aliphatic carbocycles. The van der Waals surface area contributed by atoms with Crippen molar-refractivity contribution in [2.45, 2.75) is 61.5 Å². The first-order chi connectivity index (χ1) is 16.0. The molecule has 8 heteroatoms. The molecule has 1 aliphatic heterocycles. The molecule has 1 aromatic carbocycles. The first kappa shape index (κ1) is 21.6. The molecule has 0 radical (unpaired) electrons. The van der Waals surface area contributed by atoms with Crippen molar-refractivity contribution in [1.82, 2.24) is 0 Å². The zero-order valence-electron chi connectivity index (χ0n) is 18.4. The fourth-order valence-corrected chi connectivity index (χ4v) is 10.1. The molecule has 7 aliphatic rings. The van der Waals surface area contributed by atoms with Gasteiger partial charge in [0, 0.05) is 11.0 Å². The molecule has 1 nitrogen and oxygen atoms in total. The number of nitrogens with zero attached hydrogens (tertiary/aromatic N) is 1. The van der Waals surface area contributed by atoms with Gasteiger partial charge in [-0.05, 0) is 73.8 Å². The molecule has 1 heterocycles. The lowest BCUT2D eigenvalue weighted by molar-refractivity contribution is -0.258. The lowest BCUT2D eigenvalue weighted by Crippen LogP contribution is -2.63. The summed E-state index contributed by atoms with van der Waals surface area (Å²) in [5.41, 5.74) is -1.84. The largest absolute Gasteiger partial charge is 0.380 e. The molecule has 180 valence electrons. The number of allylic oxidation sites excluding steroid dienone is 3. The van der Waals surface area contributed by atoms with Crippen LogP contribution in [0.3, 0.4) is 0 Å². The molecule has 34 heavy (non-hydrogen) atoms. The molecule has 0 N–H and O–H groups in total. The predicted molar refractivity (Wildman–Crippen MR) is 119 cm³/mol. The zero-order chi connectivity index (χ0) is 23.9. The van der Waals surface area contributed by atoms with Crippen LogP contribution in [0.25, 0.3) is 5.57 Å². The van der Waals surface area contributed by atoms with Crippen LogP contribution >= 0.6 is 11.8 Å². The maximum atomic E-state index is 15.7.